The molecule has 0 aromatic heterocycles. The van der Waals surface area contributed by atoms with E-state index in [4.69, 9.17) is 4.74 Å². The fourth-order valence-corrected chi connectivity index (χ4v) is 3.40. The van der Waals surface area contributed by atoms with E-state index < -0.39 is 6.10 Å². The van der Waals surface area contributed by atoms with E-state index in [2.05, 4.69) is 24.1 Å². The van der Waals surface area contributed by atoms with Crippen LogP contribution in [-0.4, -0.2) is 54.9 Å². The molecule has 0 saturated carbocycles. The van der Waals surface area contributed by atoms with Gasteiger partial charge in [0.15, 0.2) is 0 Å². The number of rotatable bonds is 8. The lowest BCUT2D eigenvalue weighted by Gasteiger charge is -2.33. The van der Waals surface area contributed by atoms with Gasteiger partial charge in [0.1, 0.15) is 18.5 Å². The Morgan fingerprint density at radius 3 is 2.42 bits per heavy atom. The molecule has 1 heterocycles. The van der Waals surface area contributed by atoms with Gasteiger partial charge >= 0.3 is 0 Å². The summed E-state index contributed by atoms with van der Waals surface area (Å²) < 4.78 is 5.83. The van der Waals surface area contributed by atoms with Crippen LogP contribution in [0.1, 0.15) is 37.8 Å². The molecule has 0 radical (unpaired) electrons. The number of aliphatic hydroxyl groups excluding tert-OH is 1. The van der Waals surface area contributed by atoms with Gasteiger partial charge < -0.3 is 20.1 Å². The smallest absolute Gasteiger partial charge is 0.125 e. The van der Waals surface area contributed by atoms with Crippen LogP contribution in [0.5, 0.6) is 5.75 Å². The molecular weight excluding hydrogens is 300 g/mol. The standard InChI is InChI=1S/C20H34N2O2/c1-15(2)13-22-10-8-18(9-11-22)21-12-19(23)14-24-20-16(3)6-5-7-17(20)4/h5-7,15,18-19,21,23H,8-14H2,1-4H3. The first-order chi connectivity index (χ1) is 11.5. The van der Waals surface area contributed by atoms with Crippen LogP contribution in [-0.2, 0) is 0 Å². The normalized spacial score (nSPS) is 18.1. The molecule has 1 fully saturated rings. The van der Waals surface area contributed by atoms with E-state index in [9.17, 15) is 5.11 Å². The summed E-state index contributed by atoms with van der Waals surface area (Å²) in [6.07, 6.45) is 1.85. The number of ether oxygens (including phenoxy) is 1. The summed E-state index contributed by atoms with van der Waals surface area (Å²) in [6, 6.07) is 6.63. The molecular formula is C20H34N2O2. The van der Waals surface area contributed by atoms with Crippen molar-refractivity contribution in [3.05, 3.63) is 29.3 Å². The third kappa shape index (κ3) is 6.08. The first-order valence-electron chi connectivity index (χ1n) is 9.28. The van der Waals surface area contributed by atoms with Gasteiger partial charge in [0, 0.05) is 19.1 Å². The van der Waals surface area contributed by atoms with Crippen LogP contribution in [0.3, 0.4) is 0 Å². The minimum Gasteiger partial charge on any atom is -0.490 e. The third-order valence-corrected chi connectivity index (χ3v) is 4.68. The predicted octanol–water partition coefficient (Wildman–Crippen LogP) is 2.75. The average Bonchev–Trinajstić information content (AvgIpc) is 2.53. The molecule has 1 aliphatic heterocycles. The molecule has 1 saturated heterocycles. The van der Waals surface area contributed by atoms with Gasteiger partial charge in [-0.2, -0.15) is 0 Å². The number of hydrogen-bond donors (Lipinski definition) is 2. The lowest BCUT2D eigenvalue weighted by atomic mass is 10.0. The predicted molar refractivity (Wildman–Crippen MR) is 99.7 cm³/mol. The lowest BCUT2D eigenvalue weighted by Crippen LogP contribution is -2.46. The fraction of sp³-hybridized carbons (Fsp3) is 0.700. The van der Waals surface area contributed by atoms with Crippen LogP contribution in [0.2, 0.25) is 0 Å². The first-order valence-corrected chi connectivity index (χ1v) is 9.28. The maximum atomic E-state index is 10.2. The Morgan fingerprint density at radius 1 is 1.21 bits per heavy atom. The van der Waals surface area contributed by atoms with Gasteiger partial charge in [0.25, 0.3) is 0 Å². The molecule has 136 valence electrons. The Balaban J connectivity index is 1.66. The second-order valence-electron chi connectivity index (χ2n) is 7.56. The number of aryl methyl sites for hydroxylation is 2. The Labute approximate surface area is 147 Å². The number of benzene rings is 1. The van der Waals surface area contributed by atoms with Crippen molar-refractivity contribution in [2.75, 3.05) is 32.8 Å². The monoisotopic (exact) mass is 334 g/mol. The number of likely N-dealkylation sites (tertiary alicyclic amines) is 1. The Morgan fingerprint density at radius 2 is 1.83 bits per heavy atom. The van der Waals surface area contributed by atoms with E-state index in [0.717, 1.165) is 48.7 Å². The quantitative estimate of drug-likeness (QED) is 0.767. The van der Waals surface area contributed by atoms with Crippen LogP contribution in [0.4, 0.5) is 0 Å². The molecule has 24 heavy (non-hydrogen) atoms. The van der Waals surface area contributed by atoms with Crippen LogP contribution in [0.15, 0.2) is 18.2 Å². The van der Waals surface area contributed by atoms with Crippen molar-refractivity contribution >= 4 is 0 Å². The second-order valence-corrected chi connectivity index (χ2v) is 7.56. The SMILES string of the molecule is Cc1cccc(C)c1OCC(O)CNC1CCN(CC(C)C)CC1. The van der Waals surface area contributed by atoms with Crippen LogP contribution < -0.4 is 10.1 Å². The maximum Gasteiger partial charge on any atom is 0.125 e. The van der Waals surface area contributed by atoms with Gasteiger partial charge in [-0.3, -0.25) is 0 Å². The number of hydrogen-bond acceptors (Lipinski definition) is 4. The summed E-state index contributed by atoms with van der Waals surface area (Å²) in [4.78, 5) is 2.54. The first kappa shape index (κ1) is 19.2. The van der Waals surface area contributed by atoms with Crippen LogP contribution >= 0.6 is 0 Å². The highest BCUT2D eigenvalue weighted by Crippen LogP contribution is 2.22. The second kappa shape index (κ2) is 9.40. The van der Waals surface area contributed by atoms with E-state index >= 15 is 0 Å². The highest BCUT2D eigenvalue weighted by atomic mass is 16.5. The highest BCUT2D eigenvalue weighted by molar-refractivity contribution is 5.39. The van der Waals surface area contributed by atoms with E-state index in [1.54, 1.807) is 0 Å². The molecule has 4 nitrogen and oxygen atoms in total. The van der Waals surface area contributed by atoms with Gasteiger partial charge in [0.2, 0.25) is 0 Å². The summed E-state index contributed by atoms with van der Waals surface area (Å²) in [5.74, 6) is 1.64. The van der Waals surface area contributed by atoms with Crippen molar-refractivity contribution in [3.63, 3.8) is 0 Å². The molecule has 1 aliphatic rings. The molecule has 0 amide bonds. The zero-order valence-electron chi connectivity index (χ0n) is 15.7. The van der Waals surface area contributed by atoms with Crippen molar-refractivity contribution in [1.82, 2.24) is 10.2 Å². The summed E-state index contributed by atoms with van der Waals surface area (Å²) in [5, 5.41) is 13.7. The van der Waals surface area contributed by atoms with Gasteiger partial charge in [-0.25, -0.2) is 0 Å². The fourth-order valence-electron chi connectivity index (χ4n) is 3.40. The molecule has 1 unspecified atom stereocenters. The maximum absolute atomic E-state index is 10.2. The Hall–Kier alpha value is -1.10. The van der Waals surface area contributed by atoms with Gasteiger partial charge in [-0.15, -0.1) is 0 Å². The van der Waals surface area contributed by atoms with Crippen LogP contribution in [0.25, 0.3) is 0 Å². The summed E-state index contributed by atoms with van der Waals surface area (Å²) in [5.41, 5.74) is 2.24. The molecule has 2 rings (SSSR count). The zero-order valence-corrected chi connectivity index (χ0v) is 15.7. The van der Waals surface area contributed by atoms with Crippen molar-refractivity contribution in [3.8, 4) is 5.75 Å². The third-order valence-electron chi connectivity index (χ3n) is 4.68. The molecule has 1 atom stereocenters. The largest absolute Gasteiger partial charge is 0.490 e. The Bertz CT molecular complexity index is 476. The number of nitrogens with one attached hydrogen (secondary N) is 1. The van der Waals surface area contributed by atoms with E-state index in [0.29, 0.717) is 19.2 Å². The minimum atomic E-state index is -0.474. The lowest BCUT2D eigenvalue weighted by molar-refractivity contribution is 0.0970. The molecule has 4 heteroatoms. The average molecular weight is 335 g/mol. The van der Waals surface area contributed by atoms with Gasteiger partial charge in [0.05, 0.1) is 0 Å². The minimum absolute atomic E-state index is 0.338. The summed E-state index contributed by atoms with van der Waals surface area (Å²) >= 11 is 0. The van der Waals surface area contributed by atoms with Crippen molar-refractivity contribution in [2.24, 2.45) is 5.92 Å². The number of aliphatic hydroxyl groups is 1. The zero-order chi connectivity index (χ0) is 17.5. The van der Waals surface area contributed by atoms with E-state index in [1.807, 2.05) is 32.0 Å². The summed E-state index contributed by atoms with van der Waals surface area (Å²) in [6.45, 7) is 13.1. The molecule has 0 bridgehead atoms. The molecule has 2 N–H and O–H groups in total. The van der Waals surface area contributed by atoms with Crippen LogP contribution in [0, 0.1) is 19.8 Å². The number of piperidine rings is 1. The van der Waals surface area contributed by atoms with Crippen molar-refractivity contribution in [2.45, 2.75) is 52.7 Å². The molecule has 1 aromatic rings. The highest BCUT2D eigenvalue weighted by Gasteiger charge is 2.20. The van der Waals surface area contributed by atoms with Gasteiger partial charge in [-0.05, 0) is 56.8 Å². The molecule has 0 spiro atoms. The summed E-state index contributed by atoms with van der Waals surface area (Å²) in [7, 11) is 0. The number of para-hydroxylation sites is 1. The van der Waals surface area contributed by atoms with Crippen molar-refractivity contribution in [1.29, 1.82) is 0 Å². The topological polar surface area (TPSA) is 44.7 Å². The Kier molecular flexibility index (Phi) is 7.53. The van der Waals surface area contributed by atoms with E-state index in [-0.39, 0.29) is 0 Å². The van der Waals surface area contributed by atoms with Gasteiger partial charge in [-0.1, -0.05) is 32.0 Å². The van der Waals surface area contributed by atoms with E-state index in [1.165, 1.54) is 6.54 Å². The van der Waals surface area contributed by atoms with Crippen molar-refractivity contribution < 1.29 is 9.84 Å². The molecule has 1 aromatic carbocycles. The molecule has 0 aliphatic carbocycles. The number of nitrogens with zero attached hydrogens (tertiary/aromatic N) is 1.